The maximum absolute atomic E-state index is 13.0. The van der Waals surface area contributed by atoms with Crippen molar-refractivity contribution in [1.29, 1.82) is 0 Å². The summed E-state index contributed by atoms with van der Waals surface area (Å²) in [6.45, 7) is 0.393. The number of hydrogen-bond acceptors (Lipinski definition) is 4. The van der Waals surface area contributed by atoms with Gasteiger partial charge in [0.1, 0.15) is 12.4 Å². The maximum atomic E-state index is 13.0. The van der Waals surface area contributed by atoms with Gasteiger partial charge in [-0.1, -0.05) is 18.2 Å². The number of rotatable bonds is 6. The molecule has 0 saturated carbocycles. The van der Waals surface area contributed by atoms with Crippen LogP contribution in [0, 0.1) is 0 Å². The molecule has 0 fully saturated rings. The second-order valence-corrected chi connectivity index (χ2v) is 6.00. The van der Waals surface area contributed by atoms with Crippen LogP contribution in [0.15, 0.2) is 54.9 Å². The van der Waals surface area contributed by atoms with Gasteiger partial charge in [-0.3, -0.25) is 14.5 Å². The molecule has 0 aliphatic heterocycles. The largest absolute Gasteiger partial charge is 0.487 e. The van der Waals surface area contributed by atoms with Crippen LogP contribution in [0.2, 0.25) is 0 Å². The number of pyridine rings is 1. The van der Waals surface area contributed by atoms with Gasteiger partial charge in [0.25, 0.3) is 5.91 Å². The van der Waals surface area contributed by atoms with E-state index in [1.807, 2.05) is 18.2 Å². The third kappa shape index (κ3) is 4.87. The molecule has 3 rings (SSSR count). The first-order chi connectivity index (χ1) is 13.3. The molecular formula is C19H17F3N4O2. The van der Waals surface area contributed by atoms with E-state index in [2.05, 4.69) is 15.4 Å². The van der Waals surface area contributed by atoms with Gasteiger partial charge in [-0.2, -0.15) is 18.3 Å². The normalized spacial score (nSPS) is 11.3. The molecule has 1 N–H and O–H groups in total. The second-order valence-electron chi connectivity index (χ2n) is 6.00. The standard InChI is InChI=1S/C19H17F3N4O2/c1-26-11-16(17(25-26)19(20,21)22)18(27)24-10-13-5-7-15(8-6-13)28-12-14-4-2-3-9-23-14/h2-9,11H,10,12H2,1H3,(H,24,27). The van der Waals surface area contributed by atoms with Crippen LogP contribution >= 0.6 is 0 Å². The molecule has 146 valence electrons. The van der Waals surface area contributed by atoms with Crippen molar-refractivity contribution >= 4 is 5.91 Å². The lowest BCUT2D eigenvalue weighted by Crippen LogP contribution is -2.25. The van der Waals surface area contributed by atoms with E-state index >= 15 is 0 Å². The quantitative estimate of drug-likeness (QED) is 0.701. The summed E-state index contributed by atoms with van der Waals surface area (Å²) in [6, 6.07) is 12.4. The Labute approximate surface area is 159 Å². The topological polar surface area (TPSA) is 69.0 Å². The molecule has 9 heteroatoms. The highest BCUT2D eigenvalue weighted by molar-refractivity contribution is 5.95. The molecule has 1 amide bonds. The maximum Gasteiger partial charge on any atom is 0.435 e. The van der Waals surface area contributed by atoms with Gasteiger partial charge < -0.3 is 10.1 Å². The number of benzene rings is 1. The van der Waals surface area contributed by atoms with Gasteiger partial charge >= 0.3 is 6.18 Å². The molecule has 0 saturated heterocycles. The molecule has 2 heterocycles. The van der Waals surface area contributed by atoms with Crippen molar-refractivity contribution in [1.82, 2.24) is 20.1 Å². The zero-order chi connectivity index (χ0) is 20.1. The minimum absolute atomic E-state index is 0.0749. The molecule has 0 aliphatic rings. The molecule has 0 spiro atoms. The smallest absolute Gasteiger partial charge is 0.435 e. The van der Waals surface area contributed by atoms with E-state index in [9.17, 15) is 18.0 Å². The van der Waals surface area contributed by atoms with Crippen molar-refractivity contribution in [2.45, 2.75) is 19.3 Å². The highest BCUT2D eigenvalue weighted by Crippen LogP contribution is 2.30. The lowest BCUT2D eigenvalue weighted by Gasteiger charge is -2.09. The molecular weight excluding hydrogens is 373 g/mol. The van der Waals surface area contributed by atoms with Crippen LogP contribution in [0.5, 0.6) is 5.75 Å². The lowest BCUT2D eigenvalue weighted by molar-refractivity contribution is -0.141. The zero-order valence-corrected chi connectivity index (χ0v) is 14.9. The fourth-order valence-corrected chi connectivity index (χ4v) is 2.49. The molecule has 0 radical (unpaired) electrons. The Balaban J connectivity index is 1.57. The van der Waals surface area contributed by atoms with Crippen molar-refractivity contribution in [3.05, 3.63) is 77.4 Å². The Morgan fingerprint density at radius 2 is 1.93 bits per heavy atom. The van der Waals surface area contributed by atoms with Gasteiger partial charge in [-0.25, -0.2) is 0 Å². The molecule has 0 atom stereocenters. The van der Waals surface area contributed by atoms with Gasteiger partial charge in [0, 0.05) is 26.0 Å². The van der Waals surface area contributed by atoms with Crippen molar-refractivity contribution in [2.75, 3.05) is 0 Å². The third-order valence-corrected chi connectivity index (χ3v) is 3.83. The Hall–Kier alpha value is -3.36. The van der Waals surface area contributed by atoms with Crippen LogP contribution in [0.3, 0.4) is 0 Å². The predicted octanol–water partition coefficient (Wildman–Crippen LogP) is 3.34. The summed E-state index contributed by atoms with van der Waals surface area (Å²) in [5.74, 6) is -0.219. The number of carbonyl (C=O) groups excluding carboxylic acids is 1. The van der Waals surface area contributed by atoms with Gasteiger partial charge in [0.15, 0.2) is 5.69 Å². The molecule has 6 nitrogen and oxygen atoms in total. The number of aryl methyl sites for hydroxylation is 1. The average Bonchev–Trinajstić information content (AvgIpc) is 3.08. The number of alkyl halides is 3. The van der Waals surface area contributed by atoms with Crippen molar-refractivity contribution in [3.63, 3.8) is 0 Å². The van der Waals surface area contributed by atoms with Crippen LogP contribution in [-0.2, 0) is 26.4 Å². The minimum atomic E-state index is -4.69. The Morgan fingerprint density at radius 3 is 2.57 bits per heavy atom. The highest BCUT2D eigenvalue weighted by Gasteiger charge is 2.38. The third-order valence-electron chi connectivity index (χ3n) is 3.83. The number of ether oxygens (including phenoxy) is 1. The Bertz CT molecular complexity index is 938. The van der Waals surface area contributed by atoms with Gasteiger partial charge in [0.05, 0.1) is 11.3 Å². The number of aromatic nitrogens is 3. The van der Waals surface area contributed by atoms with E-state index in [4.69, 9.17) is 4.74 Å². The number of amides is 1. The van der Waals surface area contributed by atoms with Gasteiger partial charge in [-0.15, -0.1) is 0 Å². The summed E-state index contributed by atoms with van der Waals surface area (Å²) in [5, 5.41) is 5.80. The number of carbonyl (C=O) groups is 1. The first-order valence-corrected chi connectivity index (χ1v) is 8.33. The van der Waals surface area contributed by atoms with E-state index in [0.29, 0.717) is 12.4 Å². The Kier molecular flexibility index (Phi) is 5.62. The molecule has 0 aliphatic carbocycles. The average molecular weight is 390 g/mol. The summed E-state index contributed by atoms with van der Waals surface area (Å²) < 4.78 is 45.4. The molecule has 2 aromatic heterocycles. The molecule has 0 bridgehead atoms. The summed E-state index contributed by atoms with van der Waals surface area (Å²) in [6.07, 6.45) is -1.97. The van der Waals surface area contributed by atoms with Crippen LogP contribution in [-0.4, -0.2) is 20.7 Å². The van der Waals surface area contributed by atoms with Crippen LogP contribution < -0.4 is 10.1 Å². The van der Waals surface area contributed by atoms with Crippen molar-refractivity contribution < 1.29 is 22.7 Å². The van der Waals surface area contributed by atoms with Crippen LogP contribution in [0.25, 0.3) is 0 Å². The minimum Gasteiger partial charge on any atom is -0.487 e. The molecule has 3 aromatic rings. The van der Waals surface area contributed by atoms with Gasteiger partial charge in [-0.05, 0) is 29.8 Å². The SMILES string of the molecule is Cn1cc(C(=O)NCc2ccc(OCc3ccccn3)cc2)c(C(F)(F)F)n1. The van der Waals surface area contributed by atoms with E-state index in [1.54, 1.807) is 30.5 Å². The molecule has 28 heavy (non-hydrogen) atoms. The summed E-state index contributed by atoms with van der Waals surface area (Å²) in [4.78, 5) is 16.3. The van der Waals surface area contributed by atoms with E-state index in [1.165, 1.54) is 7.05 Å². The van der Waals surface area contributed by atoms with Gasteiger partial charge in [0.2, 0.25) is 0 Å². The van der Waals surface area contributed by atoms with E-state index in [0.717, 1.165) is 22.1 Å². The second kappa shape index (κ2) is 8.12. The summed E-state index contributed by atoms with van der Waals surface area (Å²) in [7, 11) is 1.33. The van der Waals surface area contributed by atoms with Crippen molar-refractivity contribution in [2.24, 2.45) is 7.05 Å². The van der Waals surface area contributed by atoms with Crippen LogP contribution in [0.4, 0.5) is 13.2 Å². The summed E-state index contributed by atoms with van der Waals surface area (Å²) >= 11 is 0. The van der Waals surface area contributed by atoms with E-state index in [-0.39, 0.29) is 6.54 Å². The number of halogens is 3. The number of hydrogen-bond donors (Lipinski definition) is 1. The van der Waals surface area contributed by atoms with E-state index < -0.39 is 23.3 Å². The Morgan fingerprint density at radius 1 is 1.18 bits per heavy atom. The first-order valence-electron chi connectivity index (χ1n) is 8.33. The highest BCUT2D eigenvalue weighted by atomic mass is 19.4. The predicted molar refractivity (Wildman–Crippen MR) is 94.4 cm³/mol. The molecule has 0 unspecified atom stereocenters. The lowest BCUT2D eigenvalue weighted by atomic mass is 10.2. The van der Waals surface area contributed by atoms with Crippen LogP contribution in [0.1, 0.15) is 27.3 Å². The number of nitrogens with one attached hydrogen (secondary N) is 1. The van der Waals surface area contributed by atoms with Crippen molar-refractivity contribution in [3.8, 4) is 5.75 Å². The number of nitrogens with zero attached hydrogens (tertiary/aromatic N) is 3. The fraction of sp³-hybridized carbons (Fsp3) is 0.211. The zero-order valence-electron chi connectivity index (χ0n) is 14.9. The fourth-order valence-electron chi connectivity index (χ4n) is 2.49. The summed E-state index contributed by atoms with van der Waals surface area (Å²) in [5.41, 5.74) is -0.206. The molecule has 1 aromatic carbocycles. The first kappa shape index (κ1) is 19.4. The monoisotopic (exact) mass is 390 g/mol.